The van der Waals surface area contributed by atoms with Crippen molar-refractivity contribution in [2.24, 2.45) is 0 Å². The molecular weight excluding hydrogens is 455 g/mol. The lowest BCUT2D eigenvalue weighted by molar-refractivity contribution is 0.0181. The molecule has 0 aliphatic carbocycles. The highest BCUT2D eigenvalue weighted by molar-refractivity contribution is 5.85. The Morgan fingerprint density at radius 2 is 1.86 bits per heavy atom. The quantitative estimate of drug-likeness (QED) is 0.450. The number of aromatic nitrogens is 3. The fourth-order valence-corrected chi connectivity index (χ4v) is 4.79. The zero-order valence-electron chi connectivity index (χ0n) is 18.8. The van der Waals surface area contributed by atoms with Crippen LogP contribution in [0.15, 0.2) is 54.9 Å². The van der Waals surface area contributed by atoms with Crippen LogP contribution < -0.4 is 15.2 Å². The van der Waals surface area contributed by atoms with E-state index in [1.807, 2.05) is 16.5 Å². The molecule has 9 nitrogen and oxygen atoms in total. The average Bonchev–Trinajstić information content (AvgIpc) is 3.56. The van der Waals surface area contributed by atoms with Crippen molar-refractivity contribution in [1.82, 2.24) is 14.4 Å². The lowest BCUT2D eigenvalue weighted by atomic mass is 10.0. The van der Waals surface area contributed by atoms with Crippen molar-refractivity contribution in [1.29, 1.82) is 0 Å². The molecule has 4 heterocycles. The second kappa shape index (κ2) is 8.49. The Labute approximate surface area is 199 Å². The summed E-state index contributed by atoms with van der Waals surface area (Å²) < 4.78 is 38.7. The Balaban J connectivity index is 1.35. The smallest absolute Gasteiger partial charge is 0.207 e. The van der Waals surface area contributed by atoms with E-state index in [0.717, 1.165) is 11.4 Å². The molecular formula is C25H23FN4O5. The van der Waals surface area contributed by atoms with Gasteiger partial charge >= 0.3 is 0 Å². The lowest BCUT2D eigenvalue weighted by Gasteiger charge is -2.14. The maximum atomic E-state index is 14.5. The summed E-state index contributed by atoms with van der Waals surface area (Å²) in [6.45, 7) is 0.618. The van der Waals surface area contributed by atoms with E-state index in [4.69, 9.17) is 29.7 Å². The van der Waals surface area contributed by atoms with Crippen molar-refractivity contribution in [3.05, 3.63) is 66.5 Å². The number of fused-ring (bicyclic) bond motifs is 2. The molecule has 4 aromatic rings. The number of methoxy groups -OCH3 is 1. The summed E-state index contributed by atoms with van der Waals surface area (Å²) in [6.07, 6.45) is 2.12. The molecule has 2 saturated heterocycles. The molecule has 2 aromatic carbocycles. The third-order valence-electron chi connectivity index (χ3n) is 6.47. The number of nitrogen functional groups attached to an aromatic ring is 1. The summed E-state index contributed by atoms with van der Waals surface area (Å²) in [5.74, 6) is 0.951. The van der Waals surface area contributed by atoms with Gasteiger partial charge in [0.1, 0.15) is 40.8 Å². The minimum Gasteiger partial charge on any atom is -0.494 e. The van der Waals surface area contributed by atoms with Crippen LogP contribution in [0.4, 0.5) is 10.2 Å². The topological polar surface area (TPSA) is 113 Å². The number of rotatable bonds is 5. The first-order valence-corrected chi connectivity index (χ1v) is 11.2. The van der Waals surface area contributed by atoms with Gasteiger partial charge in [-0.05, 0) is 36.4 Å². The number of benzene rings is 2. The van der Waals surface area contributed by atoms with Gasteiger partial charge < -0.3 is 29.8 Å². The second-order valence-corrected chi connectivity index (χ2v) is 8.52. The minimum absolute atomic E-state index is 0.0646. The van der Waals surface area contributed by atoms with Gasteiger partial charge in [-0.25, -0.2) is 9.97 Å². The predicted molar refractivity (Wildman–Crippen MR) is 124 cm³/mol. The van der Waals surface area contributed by atoms with Crippen molar-refractivity contribution in [3.63, 3.8) is 0 Å². The highest BCUT2D eigenvalue weighted by Gasteiger charge is 2.49. The standard InChI is InChI=1S/C25H23FN4O5/c1-32-17-3-2-4-18(19(17)26)35-14-7-5-13(6-8-14)20-21-24(27)28-9-10-30(21)25(29-20)15-11-33-23-16(31)12-34-22(15)23/h2-10,15-16,22-23,31H,11-12H2,1H3,(H2,27,28). The maximum Gasteiger partial charge on any atom is 0.207 e. The van der Waals surface area contributed by atoms with Crippen molar-refractivity contribution < 1.29 is 28.4 Å². The van der Waals surface area contributed by atoms with Gasteiger partial charge in [0.15, 0.2) is 11.5 Å². The second-order valence-electron chi connectivity index (χ2n) is 8.52. The number of anilines is 1. The van der Waals surface area contributed by atoms with E-state index in [2.05, 4.69) is 4.98 Å². The molecule has 0 amide bonds. The predicted octanol–water partition coefficient (Wildman–Crippen LogP) is 3.16. The molecule has 2 aromatic heterocycles. The van der Waals surface area contributed by atoms with Gasteiger partial charge in [0.2, 0.25) is 5.82 Å². The van der Waals surface area contributed by atoms with Gasteiger partial charge in [-0.2, -0.15) is 4.39 Å². The monoisotopic (exact) mass is 478 g/mol. The number of halogens is 1. The van der Waals surface area contributed by atoms with Crippen LogP contribution in [-0.4, -0.2) is 58.1 Å². The van der Waals surface area contributed by atoms with Gasteiger partial charge in [0.05, 0.1) is 32.3 Å². The maximum absolute atomic E-state index is 14.5. The van der Waals surface area contributed by atoms with E-state index in [1.54, 1.807) is 30.6 Å². The zero-order chi connectivity index (χ0) is 24.1. The first-order valence-electron chi connectivity index (χ1n) is 11.2. The molecule has 6 rings (SSSR count). The highest BCUT2D eigenvalue weighted by atomic mass is 19.1. The normalized spacial score (nSPS) is 23.5. The van der Waals surface area contributed by atoms with Crippen LogP contribution in [0, 0.1) is 5.82 Å². The van der Waals surface area contributed by atoms with Crippen LogP contribution in [0.3, 0.4) is 0 Å². The SMILES string of the molecule is COc1cccc(Oc2ccc(-c3nc(C4COC5C(O)COC45)n4ccnc(N)c34)cc2)c1F. The summed E-state index contributed by atoms with van der Waals surface area (Å²) in [7, 11) is 1.40. The molecule has 2 fully saturated rings. The van der Waals surface area contributed by atoms with Crippen LogP contribution in [0.2, 0.25) is 0 Å². The zero-order valence-corrected chi connectivity index (χ0v) is 18.8. The number of aliphatic hydroxyl groups excluding tert-OH is 1. The number of hydrogen-bond donors (Lipinski definition) is 2. The van der Waals surface area contributed by atoms with Crippen molar-refractivity contribution >= 4 is 11.3 Å². The van der Waals surface area contributed by atoms with Crippen LogP contribution in [0.5, 0.6) is 17.2 Å². The number of imidazole rings is 1. The Morgan fingerprint density at radius 3 is 2.66 bits per heavy atom. The number of nitrogens with two attached hydrogens (primary N) is 1. The molecule has 3 N–H and O–H groups in total. The number of ether oxygens (including phenoxy) is 4. The van der Waals surface area contributed by atoms with Gasteiger partial charge in [-0.1, -0.05) is 6.07 Å². The van der Waals surface area contributed by atoms with E-state index < -0.39 is 11.9 Å². The molecule has 10 heteroatoms. The minimum atomic E-state index is -0.649. The molecule has 180 valence electrons. The first-order chi connectivity index (χ1) is 17.0. The third kappa shape index (κ3) is 3.57. The summed E-state index contributed by atoms with van der Waals surface area (Å²) in [6, 6.07) is 11.8. The summed E-state index contributed by atoms with van der Waals surface area (Å²) in [5, 5.41) is 10.1. The largest absolute Gasteiger partial charge is 0.494 e. The molecule has 0 spiro atoms. The number of hydrogen-bond acceptors (Lipinski definition) is 8. The van der Waals surface area contributed by atoms with E-state index in [0.29, 0.717) is 29.4 Å². The fraction of sp³-hybridized carbons (Fsp3) is 0.280. The average molecular weight is 478 g/mol. The van der Waals surface area contributed by atoms with Gasteiger partial charge in [-0.3, -0.25) is 4.40 Å². The highest BCUT2D eigenvalue weighted by Crippen LogP contribution is 2.40. The van der Waals surface area contributed by atoms with Crippen LogP contribution >= 0.6 is 0 Å². The van der Waals surface area contributed by atoms with Crippen molar-refractivity contribution in [3.8, 4) is 28.5 Å². The molecule has 2 aliphatic heterocycles. The Morgan fingerprint density at radius 1 is 1.09 bits per heavy atom. The molecule has 35 heavy (non-hydrogen) atoms. The number of aliphatic hydroxyl groups is 1. The molecule has 0 radical (unpaired) electrons. The van der Waals surface area contributed by atoms with E-state index in [9.17, 15) is 9.50 Å². The van der Waals surface area contributed by atoms with Crippen LogP contribution in [-0.2, 0) is 9.47 Å². The van der Waals surface area contributed by atoms with E-state index >= 15 is 0 Å². The molecule has 4 unspecified atom stereocenters. The summed E-state index contributed by atoms with van der Waals surface area (Å²) in [4.78, 5) is 9.17. The van der Waals surface area contributed by atoms with Gasteiger partial charge in [0, 0.05) is 18.0 Å². The van der Waals surface area contributed by atoms with Crippen molar-refractivity contribution in [2.45, 2.75) is 24.2 Å². The Hall–Kier alpha value is -3.73. The third-order valence-corrected chi connectivity index (χ3v) is 6.47. The van der Waals surface area contributed by atoms with Gasteiger partial charge in [-0.15, -0.1) is 0 Å². The molecule has 2 aliphatic rings. The Kier molecular flexibility index (Phi) is 5.28. The summed E-state index contributed by atoms with van der Waals surface area (Å²) >= 11 is 0. The Bertz CT molecular complexity index is 1390. The van der Waals surface area contributed by atoms with Crippen LogP contribution in [0.25, 0.3) is 16.8 Å². The number of nitrogens with zero attached hydrogens (tertiary/aromatic N) is 3. The lowest BCUT2D eigenvalue weighted by Crippen LogP contribution is -2.28. The fourth-order valence-electron chi connectivity index (χ4n) is 4.79. The van der Waals surface area contributed by atoms with E-state index in [-0.39, 0.29) is 36.2 Å². The molecule has 0 saturated carbocycles. The van der Waals surface area contributed by atoms with Gasteiger partial charge in [0.25, 0.3) is 0 Å². The van der Waals surface area contributed by atoms with Crippen LogP contribution in [0.1, 0.15) is 11.7 Å². The molecule has 0 bridgehead atoms. The first kappa shape index (κ1) is 21.8. The summed E-state index contributed by atoms with van der Waals surface area (Å²) in [5.41, 5.74) is 8.35. The van der Waals surface area contributed by atoms with E-state index in [1.165, 1.54) is 19.2 Å². The molecule has 4 atom stereocenters. The van der Waals surface area contributed by atoms with Crippen molar-refractivity contribution in [2.75, 3.05) is 26.1 Å².